The Morgan fingerprint density at radius 2 is 1.88 bits per heavy atom. The molecular weight excluding hydrogens is 215 g/mol. The van der Waals surface area contributed by atoms with Crippen molar-refractivity contribution in [2.45, 2.75) is 46.1 Å². The smallest absolute Gasteiger partial charge is 0.129 e. The molecule has 1 aromatic rings. The lowest BCUT2D eigenvalue weighted by molar-refractivity contribution is -0.0960. The highest BCUT2D eigenvalue weighted by Gasteiger charge is 2.47. The zero-order valence-corrected chi connectivity index (χ0v) is 11.0. The Balaban J connectivity index is 2.30. The van der Waals surface area contributed by atoms with Crippen LogP contribution in [0.4, 0.5) is 4.39 Å². The van der Waals surface area contributed by atoms with Gasteiger partial charge in [0, 0.05) is 5.56 Å². The van der Waals surface area contributed by atoms with Crippen LogP contribution >= 0.6 is 0 Å². The Kier molecular flexibility index (Phi) is 3.03. The summed E-state index contributed by atoms with van der Waals surface area (Å²) in [7, 11) is 0. The molecule has 0 unspecified atom stereocenters. The molecule has 1 aliphatic carbocycles. The van der Waals surface area contributed by atoms with Gasteiger partial charge in [-0.05, 0) is 55.7 Å². The van der Waals surface area contributed by atoms with Gasteiger partial charge in [-0.3, -0.25) is 0 Å². The number of hydrogen-bond donors (Lipinski definition) is 1. The van der Waals surface area contributed by atoms with Crippen LogP contribution in [0.15, 0.2) is 12.1 Å². The minimum atomic E-state index is -0.934. The number of benzene rings is 1. The van der Waals surface area contributed by atoms with Gasteiger partial charge in [-0.2, -0.15) is 0 Å². The van der Waals surface area contributed by atoms with Crippen LogP contribution in [0.3, 0.4) is 0 Å². The van der Waals surface area contributed by atoms with Gasteiger partial charge >= 0.3 is 0 Å². The van der Waals surface area contributed by atoms with E-state index in [9.17, 15) is 9.50 Å². The summed E-state index contributed by atoms with van der Waals surface area (Å²) in [5, 5.41) is 10.5. The van der Waals surface area contributed by atoms with Gasteiger partial charge < -0.3 is 5.11 Å². The van der Waals surface area contributed by atoms with Gasteiger partial charge in [-0.1, -0.05) is 19.9 Å². The van der Waals surface area contributed by atoms with E-state index in [1.807, 2.05) is 19.9 Å². The molecule has 0 aliphatic heterocycles. The van der Waals surface area contributed by atoms with Crippen molar-refractivity contribution in [1.29, 1.82) is 0 Å². The summed E-state index contributed by atoms with van der Waals surface area (Å²) in [4.78, 5) is 0. The van der Waals surface area contributed by atoms with Crippen molar-refractivity contribution >= 4 is 0 Å². The lowest BCUT2D eigenvalue weighted by atomic mass is 9.62. The molecule has 94 valence electrons. The molecule has 1 nitrogen and oxygen atoms in total. The van der Waals surface area contributed by atoms with E-state index in [2.05, 4.69) is 13.8 Å². The maximum absolute atomic E-state index is 14.0. The van der Waals surface area contributed by atoms with Crippen LogP contribution in [0.5, 0.6) is 0 Å². The minimum absolute atomic E-state index is 0.257. The summed E-state index contributed by atoms with van der Waals surface area (Å²) >= 11 is 0. The molecule has 0 saturated heterocycles. The Morgan fingerprint density at radius 1 is 1.29 bits per heavy atom. The highest BCUT2D eigenvalue weighted by atomic mass is 19.1. The molecule has 1 saturated carbocycles. The predicted molar refractivity (Wildman–Crippen MR) is 67.3 cm³/mol. The predicted octanol–water partition coefficient (Wildman–Crippen LogP) is 3.70. The largest absolute Gasteiger partial charge is 0.385 e. The lowest BCUT2D eigenvalue weighted by Crippen LogP contribution is -2.44. The molecule has 2 heteroatoms. The number of aryl methyl sites for hydroxylation is 2. The van der Waals surface area contributed by atoms with E-state index in [1.54, 1.807) is 0 Å². The van der Waals surface area contributed by atoms with Crippen molar-refractivity contribution in [2.75, 3.05) is 0 Å². The van der Waals surface area contributed by atoms with Crippen LogP contribution in [0, 0.1) is 31.5 Å². The Labute approximate surface area is 103 Å². The van der Waals surface area contributed by atoms with Crippen LogP contribution in [-0.2, 0) is 5.60 Å². The summed E-state index contributed by atoms with van der Waals surface area (Å²) in [5.74, 6) is 0.816. The summed E-state index contributed by atoms with van der Waals surface area (Å²) in [5.41, 5.74) is 1.36. The molecular formula is C15H21FO. The molecule has 0 amide bonds. The highest BCUT2D eigenvalue weighted by molar-refractivity contribution is 5.37. The zero-order valence-electron chi connectivity index (χ0n) is 11.0. The Bertz CT molecular complexity index is 408. The van der Waals surface area contributed by atoms with Crippen molar-refractivity contribution in [2.24, 2.45) is 11.8 Å². The van der Waals surface area contributed by atoms with E-state index < -0.39 is 5.60 Å². The summed E-state index contributed by atoms with van der Waals surface area (Å²) in [6.45, 7) is 8.07. The summed E-state index contributed by atoms with van der Waals surface area (Å²) in [6.07, 6.45) is 1.37. The first-order valence-electron chi connectivity index (χ1n) is 6.33. The lowest BCUT2D eigenvalue weighted by Gasteiger charge is -2.46. The molecule has 0 radical (unpaired) electrons. The van der Waals surface area contributed by atoms with E-state index >= 15 is 0 Å². The van der Waals surface area contributed by atoms with Gasteiger partial charge in [0.2, 0.25) is 0 Å². The molecule has 1 fully saturated rings. The normalized spacial score (nSPS) is 28.3. The molecule has 1 aromatic carbocycles. The van der Waals surface area contributed by atoms with Crippen LogP contribution in [-0.4, -0.2) is 5.11 Å². The van der Waals surface area contributed by atoms with Crippen molar-refractivity contribution in [3.8, 4) is 0 Å². The molecule has 0 spiro atoms. The standard InChI is InChI=1S/C15H21FO/c1-9(2)12-7-15(17,8-12)14-11(4)5-10(3)6-13(14)16/h5-6,9,12,17H,7-8H2,1-4H3. The van der Waals surface area contributed by atoms with Crippen molar-refractivity contribution in [3.05, 3.63) is 34.6 Å². The maximum atomic E-state index is 14.0. The summed E-state index contributed by atoms with van der Waals surface area (Å²) in [6, 6.07) is 3.46. The van der Waals surface area contributed by atoms with Gasteiger partial charge in [0.15, 0.2) is 0 Å². The van der Waals surface area contributed by atoms with Gasteiger partial charge in [0.1, 0.15) is 5.82 Å². The average Bonchev–Trinajstić information content (AvgIpc) is 2.11. The quantitative estimate of drug-likeness (QED) is 0.830. The second kappa shape index (κ2) is 4.09. The van der Waals surface area contributed by atoms with E-state index in [0.29, 0.717) is 30.2 Å². The van der Waals surface area contributed by atoms with E-state index in [-0.39, 0.29) is 5.82 Å². The van der Waals surface area contributed by atoms with Crippen molar-refractivity contribution in [3.63, 3.8) is 0 Å². The molecule has 0 atom stereocenters. The monoisotopic (exact) mass is 236 g/mol. The van der Waals surface area contributed by atoms with E-state index in [4.69, 9.17) is 0 Å². The summed E-state index contributed by atoms with van der Waals surface area (Å²) < 4.78 is 14.0. The molecule has 2 rings (SSSR count). The molecule has 0 heterocycles. The number of hydrogen-bond acceptors (Lipinski definition) is 1. The van der Waals surface area contributed by atoms with Crippen molar-refractivity contribution in [1.82, 2.24) is 0 Å². The van der Waals surface area contributed by atoms with Gasteiger partial charge in [0.05, 0.1) is 5.60 Å². The van der Waals surface area contributed by atoms with Crippen LogP contribution < -0.4 is 0 Å². The molecule has 0 bridgehead atoms. The number of halogens is 1. The van der Waals surface area contributed by atoms with E-state index in [1.165, 1.54) is 6.07 Å². The Hall–Kier alpha value is -0.890. The minimum Gasteiger partial charge on any atom is -0.385 e. The first kappa shape index (κ1) is 12.6. The molecule has 17 heavy (non-hydrogen) atoms. The fourth-order valence-corrected chi connectivity index (χ4v) is 2.99. The van der Waals surface area contributed by atoms with Crippen LogP contribution in [0.25, 0.3) is 0 Å². The second-order valence-electron chi connectivity index (χ2n) is 5.88. The highest BCUT2D eigenvalue weighted by Crippen LogP contribution is 2.50. The molecule has 1 aliphatic rings. The van der Waals surface area contributed by atoms with Gasteiger partial charge in [0.25, 0.3) is 0 Å². The Morgan fingerprint density at radius 3 is 2.35 bits per heavy atom. The third-order valence-corrected chi connectivity index (χ3v) is 4.04. The van der Waals surface area contributed by atoms with E-state index in [0.717, 1.165) is 11.1 Å². The SMILES string of the molecule is Cc1cc(C)c(C2(O)CC(C(C)C)C2)c(F)c1. The fraction of sp³-hybridized carbons (Fsp3) is 0.600. The number of aliphatic hydroxyl groups is 1. The topological polar surface area (TPSA) is 20.2 Å². The third kappa shape index (κ3) is 2.11. The first-order chi connectivity index (χ1) is 7.83. The number of rotatable bonds is 2. The van der Waals surface area contributed by atoms with Crippen LogP contribution in [0.2, 0.25) is 0 Å². The van der Waals surface area contributed by atoms with Gasteiger partial charge in [-0.25, -0.2) is 4.39 Å². The molecule has 0 aromatic heterocycles. The molecule has 1 N–H and O–H groups in total. The van der Waals surface area contributed by atoms with Gasteiger partial charge in [-0.15, -0.1) is 0 Å². The third-order valence-electron chi connectivity index (χ3n) is 4.04. The second-order valence-corrected chi connectivity index (χ2v) is 5.88. The maximum Gasteiger partial charge on any atom is 0.129 e. The average molecular weight is 236 g/mol. The van der Waals surface area contributed by atoms with Crippen molar-refractivity contribution < 1.29 is 9.50 Å². The zero-order chi connectivity index (χ0) is 12.8. The fourth-order valence-electron chi connectivity index (χ4n) is 2.99. The van der Waals surface area contributed by atoms with Crippen LogP contribution in [0.1, 0.15) is 43.4 Å². The first-order valence-corrected chi connectivity index (χ1v) is 6.33.